The van der Waals surface area contributed by atoms with E-state index in [0.717, 1.165) is 6.08 Å². The fraction of sp³-hybridized carbons (Fsp3) is 0.238. The Morgan fingerprint density at radius 1 is 1.04 bits per heavy atom. The summed E-state index contributed by atoms with van der Waals surface area (Å²) in [5.74, 6) is -0.827. The average Bonchev–Trinajstić information content (AvgIpc) is 2.92. The fourth-order valence-electron chi connectivity index (χ4n) is 3.69. The van der Waals surface area contributed by atoms with Gasteiger partial charge in [-0.05, 0) is 22.3 Å². The highest BCUT2D eigenvalue weighted by atomic mass is 16.6. The van der Waals surface area contributed by atoms with Gasteiger partial charge in [0.05, 0.1) is 0 Å². The molecule has 0 aromatic heterocycles. The average molecular weight is 349 g/mol. The van der Waals surface area contributed by atoms with Crippen LogP contribution in [0.3, 0.4) is 0 Å². The van der Waals surface area contributed by atoms with Crippen LogP contribution in [0.1, 0.15) is 17.0 Å². The van der Waals surface area contributed by atoms with Gasteiger partial charge in [-0.3, -0.25) is 0 Å². The van der Waals surface area contributed by atoms with Gasteiger partial charge in [0.1, 0.15) is 6.61 Å². The molecule has 1 saturated heterocycles. The van der Waals surface area contributed by atoms with Crippen molar-refractivity contribution in [3.05, 3.63) is 71.8 Å². The van der Waals surface area contributed by atoms with Crippen LogP contribution >= 0.6 is 0 Å². The summed E-state index contributed by atoms with van der Waals surface area (Å²) in [6, 6.07) is 16.4. The van der Waals surface area contributed by atoms with E-state index in [9.17, 15) is 9.59 Å². The molecule has 0 bridgehead atoms. The summed E-state index contributed by atoms with van der Waals surface area (Å²) in [6.45, 7) is 1.31. The molecule has 1 N–H and O–H groups in total. The summed E-state index contributed by atoms with van der Waals surface area (Å²) in [5.41, 5.74) is 4.78. The molecule has 2 aromatic rings. The number of hydrogen-bond donors (Lipinski definition) is 1. The molecule has 5 nitrogen and oxygen atoms in total. The Balaban J connectivity index is 1.40. The van der Waals surface area contributed by atoms with Crippen LogP contribution in [0.15, 0.2) is 60.7 Å². The minimum Gasteiger partial charge on any atom is -0.478 e. The van der Waals surface area contributed by atoms with E-state index in [4.69, 9.17) is 9.84 Å². The molecule has 1 aliphatic carbocycles. The number of likely N-dealkylation sites (tertiary alicyclic amines) is 1. The zero-order valence-electron chi connectivity index (χ0n) is 14.2. The van der Waals surface area contributed by atoms with Crippen LogP contribution in [0.2, 0.25) is 0 Å². The standard InChI is InChI=1S/C21H19NO4/c23-20(24)10-9-14-11-22(12-14)21(25)26-13-19-17-7-3-1-5-15(17)16-6-2-4-8-18(16)19/h1-10,14,19H,11-13H2,(H,23,24)/b10-9+. The number of rotatable bonds is 4. The lowest BCUT2D eigenvalue weighted by molar-refractivity contribution is -0.131. The van der Waals surface area contributed by atoms with Crippen molar-refractivity contribution in [1.82, 2.24) is 4.90 Å². The summed E-state index contributed by atoms with van der Waals surface area (Å²) < 4.78 is 5.56. The highest BCUT2D eigenvalue weighted by Crippen LogP contribution is 2.44. The van der Waals surface area contributed by atoms with E-state index in [2.05, 4.69) is 24.3 Å². The third-order valence-corrected chi connectivity index (χ3v) is 5.02. The molecule has 2 aliphatic rings. The second-order valence-corrected chi connectivity index (χ2v) is 6.67. The van der Waals surface area contributed by atoms with Crippen molar-refractivity contribution in [1.29, 1.82) is 0 Å². The SMILES string of the molecule is O=C(O)/C=C/C1CN(C(=O)OCC2c3ccccc3-c3ccccc32)C1. The summed E-state index contributed by atoms with van der Waals surface area (Å²) >= 11 is 0. The van der Waals surface area contributed by atoms with Gasteiger partial charge in [0.25, 0.3) is 0 Å². The van der Waals surface area contributed by atoms with Gasteiger partial charge in [-0.1, -0.05) is 54.6 Å². The number of amides is 1. The quantitative estimate of drug-likeness (QED) is 0.858. The maximum absolute atomic E-state index is 12.3. The maximum atomic E-state index is 12.3. The zero-order chi connectivity index (χ0) is 18.1. The number of nitrogens with zero attached hydrogens (tertiary/aromatic N) is 1. The first-order chi connectivity index (χ1) is 12.6. The number of hydrogen-bond acceptors (Lipinski definition) is 3. The molecular formula is C21H19NO4. The van der Waals surface area contributed by atoms with Crippen molar-refractivity contribution in [2.75, 3.05) is 19.7 Å². The normalized spacial score (nSPS) is 16.2. The number of carboxylic acids is 1. The molecule has 26 heavy (non-hydrogen) atoms. The molecule has 0 atom stereocenters. The smallest absolute Gasteiger partial charge is 0.409 e. The van der Waals surface area contributed by atoms with Crippen LogP contribution in [-0.2, 0) is 9.53 Å². The minimum absolute atomic E-state index is 0.0512. The molecule has 1 heterocycles. The van der Waals surface area contributed by atoms with E-state index in [1.165, 1.54) is 22.3 Å². The first-order valence-corrected chi connectivity index (χ1v) is 8.64. The zero-order valence-corrected chi connectivity index (χ0v) is 14.2. The largest absolute Gasteiger partial charge is 0.478 e. The summed E-state index contributed by atoms with van der Waals surface area (Å²) in [6.07, 6.45) is 2.40. The van der Waals surface area contributed by atoms with E-state index in [-0.39, 0.29) is 17.9 Å². The Morgan fingerprint density at radius 2 is 1.62 bits per heavy atom. The molecule has 0 spiro atoms. The van der Waals surface area contributed by atoms with Crippen molar-refractivity contribution in [2.45, 2.75) is 5.92 Å². The van der Waals surface area contributed by atoms with E-state index >= 15 is 0 Å². The number of benzene rings is 2. The molecule has 1 aliphatic heterocycles. The van der Waals surface area contributed by atoms with Crippen molar-refractivity contribution >= 4 is 12.1 Å². The van der Waals surface area contributed by atoms with E-state index in [0.29, 0.717) is 19.7 Å². The van der Waals surface area contributed by atoms with Crippen LogP contribution in [0.4, 0.5) is 4.79 Å². The Morgan fingerprint density at radius 3 is 2.19 bits per heavy atom. The molecule has 0 radical (unpaired) electrons. The van der Waals surface area contributed by atoms with Gasteiger partial charge in [0.15, 0.2) is 0 Å². The van der Waals surface area contributed by atoms with Gasteiger partial charge in [0.2, 0.25) is 0 Å². The molecule has 1 amide bonds. The van der Waals surface area contributed by atoms with Gasteiger partial charge in [-0.2, -0.15) is 0 Å². The number of carbonyl (C=O) groups excluding carboxylic acids is 1. The monoisotopic (exact) mass is 349 g/mol. The lowest BCUT2D eigenvalue weighted by atomic mass is 9.98. The topological polar surface area (TPSA) is 66.8 Å². The number of aliphatic carboxylic acids is 1. The number of fused-ring (bicyclic) bond motifs is 3. The highest BCUT2D eigenvalue weighted by Gasteiger charge is 2.33. The Labute approximate surface area is 151 Å². The molecule has 0 unspecified atom stereocenters. The Hall–Kier alpha value is -3.08. The molecule has 4 rings (SSSR count). The lowest BCUT2D eigenvalue weighted by Crippen LogP contribution is -2.49. The lowest BCUT2D eigenvalue weighted by Gasteiger charge is -2.36. The number of carboxylic acid groups (broad SMARTS) is 1. The Bertz CT molecular complexity index is 838. The molecule has 1 fully saturated rings. The second-order valence-electron chi connectivity index (χ2n) is 6.67. The van der Waals surface area contributed by atoms with Gasteiger partial charge in [-0.15, -0.1) is 0 Å². The summed E-state index contributed by atoms with van der Waals surface area (Å²) in [7, 11) is 0. The van der Waals surface area contributed by atoms with Crippen LogP contribution in [0.25, 0.3) is 11.1 Å². The summed E-state index contributed by atoms with van der Waals surface area (Å²) in [5, 5.41) is 8.63. The van der Waals surface area contributed by atoms with Gasteiger partial charge >= 0.3 is 12.1 Å². The van der Waals surface area contributed by atoms with Crippen molar-refractivity contribution in [3.8, 4) is 11.1 Å². The van der Waals surface area contributed by atoms with Gasteiger partial charge < -0.3 is 14.7 Å². The van der Waals surface area contributed by atoms with Crippen LogP contribution in [-0.4, -0.2) is 41.8 Å². The third-order valence-electron chi connectivity index (χ3n) is 5.02. The first-order valence-electron chi connectivity index (χ1n) is 8.64. The first kappa shape index (κ1) is 16.4. The third kappa shape index (κ3) is 2.96. The number of carbonyl (C=O) groups is 2. The van der Waals surface area contributed by atoms with Crippen molar-refractivity contribution in [2.24, 2.45) is 5.92 Å². The predicted octanol–water partition coefficient (Wildman–Crippen LogP) is 3.51. The van der Waals surface area contributed by atoms with Crippen LogP contribution in [0.5, 0.6) is 0 Å². The molecule has 132 valence electrons. The highest BCUT2D eigenvalue weighted by molar-refractivity contribution is 5.80. The molecule has 5 heteroatoms. The van der Waals surface area contributed by atoms with Crippen LogP contribution < -0.4 is 0 Å². The molecule has 2 aromatic carbocycles. The minimum atomic E-state index is -0.968. The molecular weight excluding hydrogens is 330 g/mol. The molecule has 0 saturated carbocycles. The van der Waals surface area contributed by atoms with E-state index < -0.39 is 5.97 Å². The number of ether oxygens (including phenoxy) is 1. The second kappa shape index (κ2) is 6.67. The Kier molecular flexibility index (Phi) is 4.21. The van der Waals surface area contributed by atoms with Gasteiger partial charge in [-0.25, -0.2) is 9.59 Å². The predicted molar refractivity (Wildman–Crippen MR) is 96.9 cm³/mol. The summed E-state index contributed by atoms with van der Waals surface area (Å²) in [4.78, 5) is 24.4. The maximum Gasteiger partial charge on any atom is 0.409 e. The van der Waals surface area contributed by atoms with Crippen molar-refractivity contribution in [3.63, 3.8) is 0 Å². The van der Waals surface area contributed by atoms with E-state index in [1.807, 2.05) is 24.3 Å². The van der Waals surface area contributed by atoms with E-state index in [1.54, 1.807) is 11.0 Å². The van der Waals surface area contributed by atoms with Crippen molar-refractivity contribution < 1.29 is 19.4 Å². The fourth-order valence-corrected chi connectivity index (χ4v) is 3.69. The van der Waals surface area contributed by atoms with Crippen LogP contribution in [0, 0.1) is 5.92 Å². The van der Waals surface area contributed by atoms with Gasteiger partial charge in [0, 0.05) is 31.0 Å².